The molecule has 82 valence electrons. The Morgan fingerprint density at radius 1 is 1.20 bits per heavy atom. The molecule has 0 saturated heterocycles. The molecule has 1 aliphatic rings. The summed E-state index contributed by atoms with van der Waals surface area (Å²) in [6.45, 7) is 4.84. The first-order valence-corrected chi connectivity index (χ1v) is 5.58. The van der Waals surface area contributed by atoms with E-state index in [9.17, 15) is 4.79 Å². The van der Waals surface area contributed by atoms with Gasteiger partial charge in [-0.05, 0) is 11.6 Å². The molecule has 1 aromatic rings. The predicted octanol–water partition coefficient (Wildman–Crippen LogP) is 2.66. The van der Waals surface area contributed by atoms with E-state index < -0.39 is 0 Å². The number of carbonyl (C=O) groups excluding carboxylic acids is 1. The molecule has 0 aromatic heterocycles. The molecule has 0 fully saturated rings. The summed E-state index contributed by atoms with van der Waals surface area (Å²) in [4.78, 5) is 13.5. The van der Waals surface area contributed by atoms with Gasteiger partial charge < -0.3 is 4.90 Å². The van der Waals surface area contributed by atoms with Gasteiger partial charge in [-0.15, -0.1) is 0 Å². The minimum Gasteiger partial charge on any atom is -0.374 e. The van der Waals surface area contributed by atoms with Crippen LogP contribution < -0.4 is 4.90 Å². The SMILES string of the molecule is CC.CN1CCC(=O)Cc2ccccc21. The highest BCUT2D eigenvalue weighted by atomic mass is 16.1. The number of benzene rings is 1. The fourth-order valence-corrected chi connectivity index (χ4v) is 1.75. The molecule has 2 nitrogen and oxygen atoms in total. The Balaban J connectivity index is 0.000000531. The van der Waals surface area contributed by atoms with Gasteiger partial charge in [-0.25, -0.2) is 0 Å². The van der Waals surface area contributed by atoms with Crippen molar-refractivity contribution in [3.05, 3.63) is 29.8 Å². The number of hydrogen-bond donors (Lipinski definition) is 0. The van der Waals surface area contributed by atoms with E-state index in [4.69, 9.17) is 0 Å². The van der Waals surface area contributed by atoms with Crippen LogP contribution in [0.25, 0.3) is 0 Å². The van der Waals surface area contributed by atoms with Crippen LogP contribution in [0.1, 0.15) is 25.8 Å². The second kappa shape index (κ2) is 5.54. The maximum atomic E-state index is 11.4. The van der Waals surface area contributed by atoms with Gasteiger partial charge in [-0.1, -0.05) is 32.0 Å². The normalized spacial score (nSPS) is 14.9. The third-order valence-corrected chi connectivity index (χ3v) is 2.52. The molecule has 0 unspecified atom stereocenters. The summed E-state index contributed by atoms with van der Waals surface area (Å²) >= 11 is 0. The fraction of sp³-hybridized carbons (Fsp3) is 0.462. The van der Waals surface area contributed by atoms with E-state index in [2.05, 4.69) is 11.0 Å². The highest BCUT2D eigenvalue weighted by Crippen LogP contribution is 2.22. The molecule has 15 heavy (non-hydrogen) atoms. The summed E-state index contributed by atoms with van der Waals surface area (Å²) in [6, 6.07) is 8.12. The Labute approximate surface area is 91.9 Å². The highest BCUT2D eigenvalue weighted by molar-refractivity contribution is 5.84. The van der Waals surface area contributed by atoms with Crippen molar-refractivity contribution in [2.75, 3.05) is 18.5 Å². The minimum absolute atomic E-state index is 0.344. The van der Waals surface area contributed by atoms with Crippen molar-refractivity contribution in [2.45, 2.75) is 26.7 Å². The number of para-hydroxylation sites is 1. The molecule has 1 aliphatic heterocycles. The van der Waals surface area contributed by atoms with Gasteiger partial charge in [-0.3, -0.25) is 4.79 Å². The van der Waals surface area contributed by atoms with Crippen LogP contribution in [0.15, 0.2) is 24.3 Å². The lowest BCUT2D eigenvalue weighted by Gasteiger charge is -2.18. The number of carbonyl (C=O) groups is 1. The first-order valence-electron chi connectivity index (χ1n) is 5.58. The molecule has 0 atom stereocenters. The predicted molar refractivity (Wildman–Crippen MR) is 64.4 cm³/mol. The van der Waals surface area contributed by atoms with Crippen LogP contribution in [0.2, 0.25) is 0 Å². The summed E-state index contributed by atoms with van der Waals surface area (Å²) in [7, 11) is 2.04. The molecule has 1 heterocycles. The third kappa shape index (κ3) is 2.82. The monoisotopic (exact) mass is 205 g/mol. The van der Waals surface area contributed by atoms with E-state index in [1.54, 1.807) is 0 Å². The molecular formula is C13H19NO. The van der Waals surface area contributed by atoms with Gasteiger partial charge in [0.25, 0.3) is 0 Å². The van der Waals surface area contributed by atoms with Crippen LogP contribution in [-0.2, 0) is 11.2 Å². The van der Waals surface area contributed by atoms with E-state index in [0.29, 0.717) is 18.6 Å². The number of ketones is 1. The van der Waals surface area contributed by atoms with Gasteiger partial charge in [-0.2, -0.15) is 0 Å². The molecule has 0 spiro atoms. The largest absolute Gasteiger partial charge is 0.374 e. The van der Waals surface area contributed by atoms with Crippen LogP contribution in [0.3, 0.4) is 0 Å². The van der Waals surface area contributed by atoms with Gasteiger partial charge in [0.2, 0.25) is 0 Å². The molecular weight excluding hydrogens is 186 g/mol. The summed E-state index contributed by atoms with van der Waals surface area (Å²) in [5.74, 6) is 0.344. The quantitative estimate of drug-likeness (QED) is 0.649. The highest BCUT2D eigenvalue weighted by Gasteiger charge is 2.15. The summed E-state index contributed by atoms with van der Waals surface area (Å²) in [5.41, 5.74) is 2.36. The van der Waals surface area contributed by atoms with Crippen molar-refractivity contribution < 1.29 is 4.79 Å². The first-order chi connectivity index (χ1) is 7.27. The van der Waals surface area contributed by atoms with Crippen LogP contribution in [0, 0.1) is 0 Å². The van der Waals surface area contributed by atoms with Gasteiger partial charge in [0.15, 0.2) is 0 Å². The average molecular weight is 205 g/mol. The Morgan fingerprint density at radius 3 is 2.60 bits per heavy atom. The Morgan fingerprint density at radius 2 is 1.87 bits per heavy atom. The number of hydrogen-bond acceptors (Lipinski definition) is 2. The topological polar surface area (TPSA) is 20.3 Å². The Hall–Kier alpha value is -1.31. The second-order valence-corrected chi connectivity index (χ2v) is 3.52. The molecule has 0 aliphatic carbocycles. The average Bonchev–Trinajstić information content (AvgIpc) is 2.42. The Kier molecular flexibility index (Phi) is 4.35. The zero-order valence-electron chi connectivity index (χ0n) is 9.79. The fourth-order valence-electron chi connectivity index (χ4n) is 1.75. The van der Waals surface area contributed by atoms with Crippen LogP contribution in [0.5, 0.6) is 0 Å². The van der Waals surface area contributed by atoms with E-state index in [0.717, 1.165) is 12.1 Å². The maximum Gasteiger partial charge on any atom is 0.139 e. The number of anilines is 1. The lowest BCUT2D eigenvalue weighted by Crippen LogP contribution is -2.18. The third-order valence-electron chi connectivity index (χ3n) is 2.52. The van der Waals surface area contributed by atoms with Crippen molar-refractivity contribution in [1.82, 2.24) is 0 Å². The summed E-state index contributed by atoms with van der Waals surface area (Å²) in [5, 5.41) is 0. The van der Waals surface area contributed by atoms with Crippen LogP contribution >= 0.6 is 0 Å². The lowest BCUT2D eigenvalue weighted by atomic mass is 10.1. The van der Waals surface area contributed by atoms with E-state index in [1.165, 1.54) is 5.69 Å². The van der Waals surface area contributed by atoms with Crippen molar-refractivity contribution in [3.8, 4) is 0 Å². The number of fused-ring (bicyclic) bond motifs is 1. The van der Waals surface area contributed by atoms with Gasteiger partial charge in [0, 0.05) is 32.1 Å². The van der Waals surface area contributed by atoms with Crippen molar-refractivity contribution >= 4 is 11.5 Å². The molecule has 0 N–H and O–H groups in total. The number of Topliss-reactive ketones (excluding diaryl/α,β-unsaturated/α-hetero) is 1. The molecule has 2 rings (SSSR count). The molecule has 0 radical (unpaired) electrons. The van der Waals surface area contributed by atoms with Crippen LogP contribution in [-0.4, -0.2) is 19.4 Å². The number of rotatable bonds is 0. The van der Waals surface area contributed by atoms with Crippen molar-refractivity contribution in [2.24, 2.45) is 0 Å². The lowest BCUT2D eigenvalue weighted by molar-refractivity contribution is -0.118. The van der Waals surface area contributed by atoms with E-state index in [1.807, 2.05) is 39.1 Å². The van der Waals surface area contributed by atoms with Gasteiger partial charge in [0.1, 0.15) is 5.78 Å². The standard InChI is InChI=1S/C11H13NO.C2H6/c1-12-7-6-10(13)8-9-4-2-3-5-11(9)12;1-2/h2-5H,6-8H2,1H3;1-2H3. The van der Waals surface area contributed by atoms with Crippen LogP contribution in [0.4, 0.5) is 5.69 Å². The first kappa shape index (κ1) is 11.8. The second-order valence-electron chi connectivity index (χ2n) is 3.52. The Bertz CT molecular complexity index is 333. The van der Waals surface area contributed by atoms with Crippen molar-refractivity contribution in [3.63, 3.8) is 0 Å². The summed E-state index contributed by atoms with van der Waals surface area (Å²) < 4.78 is 0. The molecule has 2 heteroatoms. The van der Waals surface area contributed by atoms with E-state index in [-0.39, 0.29) is 0 Å². The molecule has 0 bridgehead atoms. The zero-order valence-corrected chi connectivity index (χ0v) is 9.79. The molecule has 0 amide bonds. The van der Waals surface area contributed by atoms with Crippen molar-refractivity contribution in [1.29, 1.82) is 0 Å². The molecule has 1 aromatic carbocycles. The minimum atomic E-state index is 0.344. The smallest absolute Gasteiger partial charge is 0.139 e. The van der Waals surface area contributed by atoms with Gasteiger partial charge in [0.05, 0.1) is 0 Å². The van der Waals surface area contributed by atoms with Gasteiger partial charge >= 0.3 is 0 Å². The zero-order chi connectivity index (χ0) is 11.3. The number of nitrogens with zero attached hydrogens (tertiary/aromatic N) is 1. The summed E-state index contributed by atoms with van der Waals surface area (Å²) in [6.07, 6.45) is 1.27. The maximum absolute atomic E-state index is 11.4. The molecule has 0 saturated carbocycles. The van der Waals surface area contributed by atoms with E-state index >= 15 is 0 Å².